The van der Waals surface area contributed by atoms with Crippen LogP contribution in [0, 0.1) is 0 Å². The number of amides is 1. The van der Waals surface area contributed by atoms with Crippen LogP contribution in [0.5, 0.6) is 0 Å². The molecule has 0 unspecified atom stereocenters. The SMILES string of the molecule is NC(=O)c1ccc(C(=O)n2c3ccc2cc3)cc1.Nc1ccc2cc(N)ccc2c1. The van der Waals surface area contributed by atoms with Gasteiger partial charge in [0.05, 0.1) is 0 Å². The maximum absolute atomic E-state index is 12.3. The van der Waals surface area contributed by atoms with Crippen LogP contribution < -0.4 is 17.2 Å². The minimum atomic E-state index is -0.498. The first-order chi connectivity index (χ1) is 14.4. The number of nitrogen functional groups attached to an aromatic ring is 2. The van der Waals surface area contributed by atoms with Crippen molar-refractivity contribution < 1.29 is 9.59 Å². The summed E-state index contributed by atoms with van der Waals surface area (Å²) in [6, 6.07) is 25.5. The van der Waals surface area contributed by atoms with E-state index in [0.29, 0.717) is 11.1 Å². The van der Waals surface area contributed by atoms with Crippen LogP contribution in [0.4, 0.5) is 11.4 Å². The van der Waals surface area contributed by atoms with Gasteiger partial charge in [-0.2, -0.15) is 0 Å². The summed E-state index contributed by atoms with van der Waals surface area (Å²) in [5.74, 6) is -0.603. The van der Waals surface area contributed by atoms with Crippen molar-refractivity contribution in [1.29, 1.82) is 0 Å². The van der Waals surface area contributed by atoms with Crippen molar-refractivity contribution >= 4 is 45.0 Å². The summed E-state index contributed by atoms with van der Waals surface area (Å²) in [4.78, 5) is 23.2. The Hall–Kier alpha value is -4.32. The van der Waals surface area contributed by atoms with E-state index in [4.69, 9.17) is 17.2 Å². The fourth-order valence-corrected chi connectivity index (χ4v) is 3.32. The van der Waals surface area contributed by atoms with Gasteiger partial charge in [-0.25, -0.2) is 0 Å². The summed E-state index contributed by atoms with van der Waals surface area (Å²) in [5.41, 5.74) is 20.6. The van der Waals surface area contributed by atoms with Crippen molar-refractivity contribution in [3.8, 4) is 0 Å². The van der Waals surface area contributed by atoms with E-state index in [1.54, 1.807) is 28.8 Å². The molecule has 6 heteroatoms. The molecule has 148 valence electrons. The van der Waals surface area contributed by atoms with Gasteiger partial charge >= 0.3 is 0 Å². The van der Waals surface area contributed by atoms with Crippen LogP contribution in [0.1, 0.15) is 20.7 Å². The molecule has 30 heavy (non-hydrogen) atoms. The van der Waals surface area contributed by atoms with Crippen molar-refractivity contribution in [1.82, 2.24) is 4.57 Å². The average Bonchev–Trinajstić information content (AvgIpc) is 3.34. The van der Waals surface area contributed by atoms with E-state index < -0.39 is 5.91 Å². The predicted molar refractivity (Wildman–Crippen MR) is 121 cm³/mol. The fourth-order valence-electron chi connectivity index (χ4n) is 3.32. The number of primary amides is 1. The van der Waals surface area contributed by atoms with E-state index >= 15 is 0 Å². The first-order valence-electron chi connectivity index (χ1n) is 9.31. The van der Waals surface area contributed by atoms with Crippen LogP contribution in [0.15, 0.2) is 84.9 Å². The Morgan fingerprint density at radius 3 is 1.47 bits per heavy atom. The van der Waals surface area contributed by atoms with E-state index in [9.17, 15) is 9.59 Å². The molecule has 0 aliphatic rings. The molecule has 0 spiro atoms. The van der Waals surface area contributed by atoms with E-state index in [-0.39, 0.29) is 5.91 Å². The predicted octanol–water partition coefficient (Wildman–Crippen LogP) is 3.87. The third kappa shape index (κ3) is 3.66. The van der Waals surface area contributed by atoms with Gasteiger partial charge in [0.1, 0.15) is 0 Å². The van der Waals surface area contributed by atoms with Gasteiger partial charge in [-0.15, -0.1) is 0 Å². The van der Waals surface area contributed by atoms with Gasteiger partial charge < -0.3 is 17.2 Å². The Morgan fingerprint density at radius 2 is 1.03 bits per heavy atom. The molecule has 2 heterocycles. The van der Waals surface area contributed by atoms with Crippen molar-refractivity contribution in [2.24, 2.45) is 5.73 Å². The number of hydrogen-bond donors (Lipinski definition) is 3. The van der Waals surface area contributed by atoms with Crippen molar-refractivity contribution in [2.75, 3.05) is 11.5 Å². The molecule has 3 aromatic carbocycles. The number of carbonyl (C=O) groups is 2. The second-order valence-corrected chi connectivity index (χ2v) is 6.96. The van der Waals surface area contributed by atoms with Gasteiger partial charge in [0.2, 0.25) is 5.91 Å². The average molecular weight is 396 g/mol. The number of carbonyl (C=O) groups excluding carboxylic acids is 2. The van der Waals surface area contributed by atoms with Crippen molar-refractivity contribution in [2.45, 2.75) is 0 Å². The lowest BCUT2D eigenvalue weighted by Gasteiger charge is -2.03. The molecule has 6 N–H and O–H groups in total. The molecule has 2 aromatic heterocycles. The molecule has 5 aromatic rings. The maximum atomic E-state index is 12.3. The number of nitrogens with zero attached hydrogens (tertiary/aromatic N) is 1. The van der Waals surface area contributed by atoms with Gasteiger partial charge in [0, 0.05) is 33.5 Å². The Morgan fingerprint density at radius 1 is 0.600 bits per heavy atom. The summed E-state index contributed by atoms with van der Waals surface area (Å²) in [6.07, 6.45) is 0. The first-order valence-corrected chi connectivity index (χ1v) is 9.31. The Labute approximate surface area is 172 Å². The summed E-state index contributed by atoms with van der Waals surface area (Å²) in [5, 5.41) is 2.26. The summed E-state index contributed by atoms with van der Waals surface area (Å²) >= 11 is 0. The number of aromatic nitrogens is 1. The molecule has 0 radical (unpaired) electrons. The van der Waals surface area contributed by atoms with E-state index in [0.717, 1.165) is 33.2 Å². The van der Waals surface area contributed by atoms with Crippen LogP contribution in [0.25, 0.3) is 21.8 Å². The largest absolute Gasteiger partial charge is 0.399 e. The van der Waals surface area contributed by atoms with E-state index in [2.05, 4.69) is 0 Å². The van der Waals surface area contributed by atoms with Crippen molar-refractivity contribution in [3.63, 3.8) is 0 Å². The van der Waals surface area contributed by atoms with Gasteiger partial charge in [-0.3, -0.25) is 14.2 Å². The molecule has 0 aliphatic carbocycles. The van der Waals surface area contributed by atoms with Gasteiger partial charge in [-0.05, 0) is 83.6 Å². The number of fused-ring (bicyclic) bond motifs is 3. The number of benzene rings is 4. The highest BCUT2D eigenvalue weighted by Crippen LogP contribution is 2.20. The topological polar surface area (TPSA) is 117 Å². The zero-order chi connectivity index (χ0) is 21.3. The number of hydrogen-bond acceptors (Lipinski definition) is 4. The van der Waals surface area contributed by atoms with Crippen molar-refractivity contribution in [3.05, 3.63) is 96.1 Å². The zero-order valence-electron chi connectivity index (χ0n) is 16.1. The number of anilines is 2. The molecule has 1 amide bonds. The standard InChI is InChI=1S/C14H10N2O2.C10H10N2/c15-13(17)9-1-3-10(4-2-9)14(18)16-11-5-6-12(16)8-7-11;11-9-3-1-7-5-10(12)4-2-8(7)6-9/h1-8H,(H2,15,17);1-6H,11-12H2. The fraction of sp³-hybridized carbons (Fsp3) is 0. The highest BCUT2D eigenvalue weighted by Gasteiger charge is 2.14. The molecular formula is C24H20N4O2. The molecule has 5 rings (SSSR count). The summed E-state index contributed by atoms with van der Waals surface area (Å²) in [6.45, 7) is 0. The van der Waals surface area contributed by atoms with Crippen LogP contribution in [-0.2, 0) is 0 Å². The lowest BCUT2D eigenvalue weighted by Crippen LogP contribution is -2.13. The smallest absolute Gasteiger partial charge is 0.262 e. The zero-order valence-corrected chi connectivity index (χ0v) is 16.1. The third-order valence-corrected chi connectivity index (χ3v) is 4.87. The lowest BCUT2D eigenvalue weighted by atomic mass is 10.1. The monoisotopic (exact) mass is 396 g/mol. The van der Waals surface area contributed by atoms with Crippen LogP contribution in [-0.4, -0.2) is 16.4 Å². The molecular weight excluding hydrogens is 376 g/mol. The van der Waals surface area contributed by atoms with Crippen LogP contribution in [0.3, 0.4) is 0 Å². The molecule has 0 saturated heterocycles. The lowest BCUT2D eigenvalue weighted by molar-refractivity contribution is 0.0965. The highest BCUT2D eigenvalue weighted by molar-refractivity contribution is 6.03. The molecule has 0 saturated carbocycles. The van der Waals surface area contributed by atoms with Gasteiger partial charge in [0.25, 0.3) is 5.91 Å². The number of nitrogens with two attached hydrogens (primary N) is 3. The Kier molecular flexibility index (Phi) is 4.82. The maximum Gasteiger partial charge on any atom is 0.262 e. The minimum Gasteiger partial charge on any atom is -0.399 e. The molecule has 0 fully saturated rings. The molecule has 0 atom stereocenters. The third-order valence-electron chi connectivity index (χ3n) is 4.87. The number of rotatable bonds is 2. The van der Waals surface area contributed by atoms with E-state index in [1.165, 1.54) is 0 Å². The quantitative estimate of drug-likeness (QED) is 0.393. The first kappa shape index (κ1) is 19.0. The Balaban J connectivity index is 0.000000158. The summed E-state index contributed by atoms with van der Waals surface area (Å²) < 4.78 is 1.64. The normalized spacial score (nSPS) is 10.7. The van der Waals surface area contributed by atoms with Crippen LogP contribution in [0.2, 0.25) is 0 Å². The van der Waals surface area contributed by atoms with Crippen LogP contribution >= 0.6 is 0 Å². The highest BCUT2D eigenvalue weighted by atomic mass is 16.2. The van der Waals surface area contributed by atoms with Gasteiger partial charge in [-0.1, -0.05) is 12.1 Å². The molecule has 6 nitrogen and oxygen atoms in total. The van der Waals surface area contributed by atoms with E-state index in [1.807, 2.05) is 60.7 Å². The summed E-state index contributed by atoms with van der Waals surface area (Å²) in [7, 11) is 0. The Bertz CT molecular complexity index is 1260. The second-order valence-electron chi connectivity index (χ2n) is 6.96. The minimum absolute atomic E-state index is 0.106. The van der Waals surface area contributed by atoms with Gasteiger partial charge in [0.15, 0.2) is 0 Å². The molecule has 2 bridgehead atoms. The second kappa shape index (κ2) is 7.60. The molecule has 0 aliphatic heterocycles.